The molecule has 4 nitrogen and oxygen atoms in total. The van der Waals surface area contributed by atoms with Gasteiger partial charge in [-0.15, -0.1) is 24.0 Å². The van der Waals surface area contributed by atoms with Crippen LogP contribution in [0.15, 0.2) is 47.5 Å². The summed E-state index contributed by atoms with van der Waals surface area (Å²) in [5.41, 5.74) is 7.02. The minimum Gasteiger partial charge on any atom is -0.497 e. The van der Waals surface area contributed by atoms with E-state index in [0.717, 1.165) is 35.9 Å². The van der Waals surface area contributed by atoms with Gasteiger partial charge in [0.05, 0.1) is 13.7 Å². The van der Waals surface area contributed by atoms with Crippen LogP contribution in [0, 0.1) is 11.6 Å². The van der Waals surface area contributed by atoms with Crippen molar-refractivity contribution in [1.82, 2.24) is 5.32 Å². The fourth-order valence-corrected chi connectivity index (χ4v) is 2.02. The number of methoxy groups -OCH3 is 1. The van der Waals surface area contributed by atoms with E-state index >= 15 is 0 Å². The van der Waals surface area contributed by atoms with Crippen molar-refractivity contribution in [2.24, 2.45) is 10.7 Å². The number of rotatable bonds is 6. The van der Waals surface area contributed by atoms with Crippen LogP contribution in [0.5, 0.6) is 5.75 Å². The fraction of sp³-hybridized carbons (Fsp3) is 0.235. The lowest BCUT2D eigenvalue weighted by Gasteiger charge is -2.07. The molecule has 3 N–H and O–H groups in total. The van der Waals surface area contributed by atoms with E-state index in [4.69, 9.17) is 10.5 Å². The average Bonchev–Trinajstić information content (AvgIpc) is 2.56. The number of benzene rings is 2. The lowest BCUT2D eigenvalue weighted by molar-refractivity contribution is 0.414. The number of nitrogens with one attached hydrogen (secondary N) is 1. The topological polar surface area (TPSA) is 59.6 Å². The molecule has 2 aromatic carbocycles. The Morgan fingerprint density at radius 1 is 1.17 bits per heavy atom. The minimum absolute atomic E-state index is 0. The van der Waals surface area contributed by atoms with Gasteiger partial charge in [-0.05, 0) is 42.3 Å². The summed E-state index contributed by atoms with van der Waals surface area (Å²) < 4.78 is 31.6. The highest BCUT2D eigenvalue weighted by Gasteiger charge is 2.03. The standard InChI is InChI=1S/C17H19F2N3O.HI/c1-23-15-5-2-12(3-6-15)8-9-21-17(20)22-11-13-10-14(18)4-7-16(13)19;/h2-7,10H,8-9,11H2,1H3,(H3,20,21,22);1H. The second kappa shape index (κ2) is 10.1. The molecule has 0 aliphatic carbocycles. The number of halogens is 3. The zero-order valence-corrected chi connectivity index (χ0v) is 15.6. The second-order valence-electron chi connectivity index (χ2n) is 4.96. The van der Waals surface area contributed by atoms with Crippen molar-refractivity contribution in [2.75, 3.05) is 13.7 Å². The van der Waals surface area contributed by atoms with Gasteiger partial charge in [-0.25, -0.2) is 13.8 Å². The number of aliphatic imine (C=N–C) groups is 1. The van der Waals surface area contributed by atoms with Crippen LogP contribution in [0.2, 0.25) is 0 Å². The first-order valence-corrected chi connectivity index (χ1v) is 7.19. The Hall–Kier alpha value is -1.90. The number of ether oxygens (including phenoxy) is 1. The zero-order chi connectivity index (χ0) is 16.7. The number of nitrogens with zero attached hydrogens (tertiary/aromatic N) is 1. The Morgan fingerprint density at radius 2 is 1.88 bits per heavy atom. The maximum atomic E-state index is 13.4. The SMILES string of the molecule is COc1ccc(CCNC(N)=NCc2cc(F)ccc2F)cc1.I. The largest absolute Gasteiger partial charge is 0.497 e. The lowest BCUT2D eigenvalue weighted by Crippen LogP contribution is -2.33. The fourth-order valence-electron chi connectivity index (χ4n) is 2.02. The predicted octanol–water partition coefficient (Wildman–Crippen LogP) is 3.24. The first-order chi connectivity index (χ1) is 11.1. The van der Waals surface area contributed by atoms with Crippen molar-refractivity contribution < 1.29 is 13.5 Å². The molecule has 7 heteroatoms. The van der Waals surface area contributed by atoms with E-state index < -0.39 is 11.6 Å². The van der Waals surface area contributed by atoms with Crippen LogP contribution in [0.4, 0.5) is 8.78 Å². The van der Waals surface area contributed by atoms with Crippen LogP contribution in [0.3, 0.4) is 0 Å². The van der Waals surface area contributed by atoms with Crippen LogP contribution in [-0.4, -0.2) is 19.6 Å². The Balaban J connectivity index is 0.00000288. The van der Waals surface area contributed by atoms with Crippen LogP contribution < -0.4 is 15.8 Å². The van der Waals surface area contributed by atoms with Crippen molar-refractivity contribution in [2.45, 2.75) is 13.0 Å². The van der Waals surface area contributed by atoms with Gasteiger partial charge in [0.25, 0.3) is 0 Å². The van der Waals surface area contributed by atoms with Crippen molar-refractivity contribution >= 4 is 29.9 Å². The molecule has 0 saturated heterocycles. The molecule has 0 amide bonds. The van der Waals surface area contributed by atoms with Gasteiger partial charge < -0.3 is 15.8 Å². The van der Waals surface area contributed by atoms with Crippen LogP contribution in [-0.2, 0) is 13.0 Å². The summed E-state index contributed by atoms with van der Waals surface area (Å²) in [5, 5.41) is 2.94. The average molecular weight is 447 g/mol. The summed E-state index contributed by atoms with van der Waals surface area (Å²) in [7, 11) is 1.62. The van der Waals surface area contributed by atoms with Crippen molar-refractivity contribution in [1.29, 1.82) is 0 Å². The summed E-state index contributed by atoms with van der Waals surface area (Å²) in [6, 6.07) is 11.0. The molecule has 24 heavy (non-hydrogen) atoms. The first kappa shape index (κ1) is 20.1. The van der Waals surface area contributed by atoms with E-state index in [1.807, 2.05) is 24.3 Å². The van der Waals surface area contributed by atoms with Gasteiger partial charge in [0, 0.05) is 12.1 Å². The Labute approximate surface area is 157 Å². The van der Waals surface area contributed by atoms with Crippen LogP contribution in [0.25, 0.3) is 0 Å². The van der Waals surface area contributed by atoms with Gasteiger partial charge in [0.1, 0.15) is 17.4 Å². The summed E-state index contributed by atoms with van der Waals surface area (Å²) >= 11 is 0. The molecule has 0 atom stereocenters. The lowest BCUT2D eigenvalue weighted by atomic mass is 10.1. The van der Waals surface area contributed by atoms with E-state index in [-0.39, 0.29) is 42.0 Å². The van der Waals surface area contributed by atoms with E-state index in [9.17, 15) is 8.78 Å². The summed E-state index contributed by atoms with van der Waals surface area (Å²) in [6.45, 7) is 0.582. The molecule has 2 rings (SSSR count). The van der Waals surface area contributed by atoms with Crippen LogP contribution in [0.1, 0.15) is 11.1 Å². The highest BCUT2D eigenvalue weighted by molar-refractivity contribution is 14.0. The number of nitrogens with two attached hydrogens (primary N) is 1. The summed E-state index contributed by atoms with van der Waals surface area (Å²) in [4.78, 5) is 4.01. The molecule has 0 bridgehead atoms. The Kier molecular flexibility index (Phi) is 8.45. The molecular weight excluding hydrogens is 427 g/mol. The van der Waals surface area contributed by atoms with Gasteiger partial charge in [-0.3, -0.25) is 0 Å². The minimum atomic E-state index is -0.499. The molecule has 0 saturated carbocycles. The molecule has 2 aromatic rings. The van der Waals surface area contributed by atoms with E-state index in [2.05, 4.69) is 10.3 Å². The highest BCUT2D eigenvalue weighted by atomic mass is 127. The molecule has 0 spiro atoms. The van der Waals surface area contributed by atoms with Crippen molar-refractivity contribution in [3.8, 4) is 5.75 Å². The number of hydrogen-bond acceptors (Lipinski definition) is 2. The third-order valence-corrected chi connectivity index (χ3v) is 3.31. The number of guanidine groups is 1. The van der Waals surface area contributed by atoms with Gasteiger partial charge in [-0.2, -0.15) is 0 Å². The second-order valence-corrected chi connectivity index (χ2v) is 4.96. The molecule has 0 aliphatic heterocycles. The van der Waals surface area contributed by atoms with Crippen molar-refractivity contribution in [3.63, 3.8) is 0 Å². The molecule has 0 heterocycles. The van der Waals surface area contributed by atoms with E-state index in [1.54, 1.807) is 7.11 Å². The maximum absolute atomic E-state index is 13.4. The van der Waals surface area contributed by atoms with Gasteiger partial charge in [0.15, 0.2) is 5.96 Å². The van der Waals surface area contributed by atoms with Crippen molar-refractivity contribution in [3.05, 3.63) is 65.2 Å². The molecule has 0 aliphatic rings. The molecular formula is C17H20F2IN3O. The quantitative estimate of drug-likeness (QED) is 0.406. The maximum Gasteiger partial charge on any atom is 0.188 e. The van der Waals surface area contributed by atoms with E-state index in [1.165, 1.54) is 0 Å². The summed E-state index contributed by atoms with van der Waals surface area (Å²) in [6.07, 6.45) is 0.758. The third-order valence-electron chi connectivity index (χ3n) is 3.31. The van der Waals surface area contributed by atoms with Crippen LogP contribution >= 0.6 is 24.0 Å². The molecule has 0 fully saturated rings. The highest BCUT2D eigenvalue weighted by Crippen LogP contribution is 2.12. The summed E-state index contributed by atoms with van der Waals surface area (Å²) in [5.74, 6) is 0.00546. The predicted molar refractivity (Wildman–Crippen MR) is 102 cm³/mol. The van der Waals surface area contributed by atoms with E-state index in [0.29, 0.717) is 6.54 Å². The Morgan fingerprint density at radius 3 is 2.54 bits per heavy atom. The Bertz CT molecular complexity index is 678. The van der Waals surface area contributed by atoms with Gasteiger partial charge >= 0.3 is 0 Å². The molecule has 0 radical (unpaired) electrons. The molecule has 0 unspecified atom stereocenters. The molecule has 0 aromatic heterocycles. The molecule has 130 valence electrons. The smallest absolute Gasteiger partial charge is 0.188 e. The van der Waals surface area contributed by atoms with Gasteiger partial charge in [0.2, 0.25) is 0 Å². The van der Waals surface area contributed by atoms with Gasteiger partial charge in [-0.1, -0.05) is 12.1 Å². The zero-order valence-electron chi connectivity index (χ0n) is 13.3. The third kappa shape index (κ3) is 6.31. The number of hydrogen-bond donors (Lipinski definition) is 2. The normalized spacial score (nSPS) is 10.9. The monoisotopic (exact) mass is 447 g/mol. The first-order valence-electron chi connectivity index (χ1n) is 7.19.